The summed E-state index contributed by atoms with van der Waals surface area (Å²) < 4.78 is 5.59. The van der Waals surface area contributed by atoms with Crippen molar-refractivity contribution in [3.05, 3.63) is 70.7 Å². The maximum atomic E-state index is 12.4. The van der Waals surface area contributed by atoms with Gasteiger partial charge >= 0.3 is 0 Å². The van der Waals surface area contributed by atoms with Gasteiger partial charge in [0.1, 0.15) is 6.61 Å². The van der Waals surface area contributed by atoms with Crippen LogP contribution < -0.4 is 0 Å². The van der Waals surface area contributed by atoms with Crippen molar-refractivity contribution in [3.63, 3.8) is 0 Å². The zero-order valence-electron chi connectivity index (χ0n) is 14.1. The van der Waals surface area contributed by atoms with Crippen LogP contribution in [-0.4, -0.2) is 36.3 Å². The molecular formula is C20H22ClNO2S. The second-order valence-corrected chi connectivity index (χ2v) is 7.75. The number of carbonyl (C=O) groups is 1. The number of thioether (sulfide) groups is 1. The summed E-state index contributed by atoms with van der Waals surface area (Å²) in [5.74, 6) is 0.983. The van der Waals surface area contributed by atoms with Gasteiger partial charge in [-0.15, -0.1) is 0 Å². The molecule has 1 amide bonds. The zero-order valence-corrected chi connectivity index (χ0v) is 15.6. The van der Waals surface area contributed by atoms with Crippen molar-refractivity contribution in [1.29, 1.82) is 0 Å². The molecule has 0 bridgehead atoms. The normalized spacial score (nSPS) is 18.0. The Bertz CT molecular complexity index is 695. The Hall–Kier alpha value is -1.49. The van der Waals surface area contributed by atoms with Crippen LogP contribution in [0.3, 0.4) is 0 Å². The molecule has 0 radical (unpaired) electrons. The summed E-state index contributed by atoms with van der Waals surface area (Å²) in [5, 5.41) is 1.16. The molecule has 1 fully saturated rings. The average molecular weight is 376 g/mol. The minimum absolute atomic E-state index is 0.0661. The lowest BCUT2D eigenvalue weighted by molar-refractivity contribution is -0.136. The van der Waals surface area contributed by atoms with Crippen LogP contribution in [0.25, 0.3) is 0 Å². The SMILES string of the molecule is O=C(COCc1ccccc1)N1CCSC(c2ccccc2Cl)CC1. The maximum absolute atomic E-state index is 12.4. The van der Waals surface area contributed by atoms with E-state index in [-0.39, 0.29) is 12.5 Å². The Morgan fingerprint density at radius 3 is 2.68 bits per heavy atom. The predicted octanol–water partition coefficient (Wildman–Crippen LogP) is 4.56. The van der Waals surface area contributed by atoms with Crippen LogP contribution in [0.1, 0.15) is 22.8 Å². The summed E-state index contributed by atoms with van der Waals surface area (Å²) in [5.41, 5.74) is 2.25. The number of carbonyl (C=O) groups excluding carboxylic acids is 1. The van der Waals surface area contributed by atoms with Gasteiger partial charge in [0.25, 0.3) is 0 Å². The minimum Gasteiger partial charge on any atom is -0.367 e. The molecule has 0 aliphatic carbocycles. The molecule has 132 valence electrons. The molecule has 0 N–H and O–H groups in total. The van der Waals surface area contributed by atoms with Gasteiger partial charge in [0.2, 0.25) is 5.91 Å². The minimum atomic E-state index is 0.0661. The van der Waals surface area contributed by atoms with Gasteiger partial charge in [-0.2, -0.15) is 11.8 Å². The number of nitrogens with zero attached hydrogens (tertiary/aromatic N) is 1. The monoisotopic (exact) mass is 375 g/mol. The van der Waals surface area contributed by atoms with Crippen molar-refractivity contribution in [2.75, 3.05) is 25.4 Å². The quantitative estimate of drug-likeness (QED) is 0.767. The molecule has 5 heteroatoms. The molecule has 1 heterocycles. The third-order valence-electron chi connectivity index (χ3n) is 4.28. The van der Waals surface area contributed by atoms with E-state index in [1.807, 2.05) is 65.2 Å². The lowest BCUT2D eigenvalue weighted by atomic mass is 10.1. The van der Waals surface area contributed by atoms with Crippen LogP contribution >= 0.6 is 23.4 Å². The Kier molecular flexibility index (Phi) is 6.79. The third-order valence-corrected chi connectivity index (χ3v) is 5.94. The average Bonchev–Trinajstić information content (AvgIpc) is 2.89. The number of amides is 1. The van der Waals surface area contributed by atoms with E-state index < -0.39 is 0 Å². The molecule has 1 atom stereocenters. The second kappa shape index (κ2) is 9.27. The first kappa shape index (κ1) is 18.3. The first-order valence-electron chi connectivity index (χ1n) is 8.49. The highest BCUT2D eigenvalue weighted by Gasteiger charge is 2.23. The van der Waals surface area contributed by atoms with E-state index in [1.165, 1.54) is 5.56 Å². The van der Waals surface area contributed by atoms with E-state index in [1.54, 1.807) is 0 Å². The van der Waals surface area contributed by atoms with Gasteiger partial charge in [-0.3, -0.25) is 4.79 Å². The molecule has 1 unspecified atom stereocenters. The zero-order chi connectivity index (χ0) is 17.5. The number of rotatable bonds is 5. The van der Waals surface area contributed by atoms with Gasteiger partial charge in [0, 0.05) is 29.1 Å². The Balaban J connectivity index is 1.49. The number of hydrogen-bond donors (Lipinski definition) is 0. The van der Waals surface area contributed by atoms with Crippen molar-refractivity contribution in [2.24, 2.45) is 0 Å². The molecule has 0 saturated carbocycles. The first-order valence-corrected chi connectivity index (χ1v) is 9.92. The predicted molar refractivity (Wildman–Crippen MR) is 104 cm³/mol. The summed E-state index contributed by atoms with van der Waals surface area (Å²) in [6, 6.07) is 17.9. The molecule has 1 aliphatic rings. The third kappa shape index (κ3) is 5.24. The van der Waals surface area contributed by atoms with Gasteiger partial charge in [-0.05, 0) is 23.6 Å². The number of ether oxygens (including phenoxy) is 1. The number of benzene rings is 2. The summed E-state index contributed by atoms with van der Waals surface area (Å²) in [7, 11) is 0. The van der Waals surface area contributed by atoms with Crippen LogP contribution in [0.4, 0.5) is 0 Å². The lowest BCUT2D eigenvalue weighted by Crippen LogP contribution is -2.35. The van der Waals surface area contributed by atoms with E-state index >= 15 is 0 Å². The van der Waals surface area contributed by atoms with Gasteiger partial charge in [0.05, 0.1) is 6.61 Å². The molecule has 1 aliphatic heterocycles. The summed E-state index contributed by atoms with van der Waals surface area (Å²) in [6.45, 7) is 2.11. The van der Waals surface area contributed by atoms with Gasteiger partial charge in [-0.25, -0.2) is 0 Å². The molecule has 3 nitrogen and oxygen atoms in total. The fourth-order valence-electron chi connectivity index (χ4n) is 2.93. The topological polar surface area (TPSA) is 29.5 Å². The smallest absolute Gasteiger partial charge is 0.248 e. The Labute approximate surface area is 158 Å². The highest BCUT2D eigenvalue weighted by molar-refractivity contribution is 7.99. The van der Waals surface area contributed by atoms with Crippen molar-refractivity contribution < 1.29 is 9.53 Å². The first-order chi connectivity index (χ1) is 12.2. The highest BCUT2D eigenvalue weighted by atomic mass is 35.5. The van der Waals surface area contributed by atoms with Crippen LogP contribution in [0, 0.1) is 0 Å². The molecule has 0 spiro atoms. The van der Waals surface area contributed by atoms with Crippen LogP contribution in [0.2, 0.25) is 5.02 Å². The maximum Gasteiger partial charge on any atom is 0.248 e. The number of hydrogen-bond acceptors (Lipinski definition) is 3. The van der Waals surface area contributed by atoms with E-state index in [4.69, 9.17) is 16.3 Å². The van der Waals surface area contributed by atoms with Crippen molar-refractivity contribution in [2.45, 2.75) is 18.3 Å². The largest absolute Gasteiger partial charge is 0.367 e. The molecule has 1 saturated heterocycles. The Morgan fingerprint density at radius 2 is 1.88 bits per heavy atom. The number of halogens is 1. The summed E-state index contributed by atoms with van der Waals surface area (Å²) in [4.78, 5) is 14.3. The van der Waals surface area contributed by atoms with E-state index in [0.717, 1.165) is 35.8 Å². The van der Waals surface area contributed by atoms with E-state index in [0.29, 0.717) is 11.9 Å². The summed E-state index contributed by atoms with van der Waals surface area (Å²) >= 11 is 8.20. The van der Waals surface area contributed by atoms with E-state index in [9.17, 15) is 4.79 Å². The summed E-state index contributed by atoms with van der Waals surface area (Å²) in [6.07, 6.45) is 0.916. The molecular weight excluding hydrogens is 354 g/mol. The van der Waals surface area contributed by atoms with E-state index in [2.05, 4.69) is 6.07 Å². The molecule has 3 rings (SSSR count). The fourth-order valence-corrected chi connectivity index (χ4v) is 4.53. The standard InChI is InChI=1S/C20H22ClNO2S/c21-18-9-5-4-8-17(18)19-10-11-22(12-13-25-19)20(23)15-24-14-16-6-2-1-3-7-16/h1-9,19H,10-15H2. The van der Waals surface area contributed by atoms with Crippen LogP contribution in [-0.2, 0) is 16.1 Å². The Morgan fingerprint density at radius 1 is 1.12 bits per heavy atom. The molecule has 25 heavy (non-hydrogen) atoms. The van der Waals surface area contributed by atoms with Crippen LogP contribution in [0.5, 0.6) is 0 Å². The molecule has 2 aromatic carbocycles. The van der Waals surface area contributed by atoms with Crippen molar-refractivity contribution in [3.8, 4) is 0 Å². The van der Waals surface area contributed by atoms with Gasteiger partial charge in [-0.1, -0.05) is 60.1 Å². The van der Waals surface area contributed by atoms with Gasteiger partial charge < -0.3 is 9.64 Å². The van der Waals surface area contributed by atoms with Crippen LogP contribution in [0.15, 0.2) is 54.6 Å². The van der Waals surface area contributed by atoms with Gasteiger partial charge in [0.15, 0.2) is 0 Å². The van der Waals surface area contributed by atoms with Crippen molar-refractivity contribution in [1.82, 2.24) is 4.90 Å². The molecule has 0 aromatic heterocycles. The fraction of sp³-hybridized carbons (Fsp3) is 0.350. The second-order valence-electron chi connectivity index (χ2n) is 6.03. The van der Waals surface area contributed by atoms with Crippen molar-refractivity contribution >= 4 is 29.3 Å². The molecule has 2 aromatic rings. The highest BCUT2D eigenvalue weighted by Crippen LogP contribution is 2.37. The lowest BCUT2D eigenvalue weighted by Gasteiger charge is -2.20.